The van der Waals surface area contributed by atoms with Gasteiger partial charge in [-0.1, -0.05) is 18.6 Å². The summed E-state index contributed by atoms with van der Waals surface area (Å²) in [5.41, 5.74) is 8.53. The number of nitrogens with two attached hydrogens (primary N) is 1. The minimum absolute atomic E-state index is 0.361. The summed E-state index contributed by atoms with van der Waals surface area (Å²) in [4.78, 5) is 7.02. The Kier molecular flexibility index (Phi) is 3.40. The Hall–Kier alpha value is -1.45. The molecule has 1 aliphatic carbocycles. The molecule has 0 spiro atoms. The topological polar surface area (TPSA) is 42.1 Å². The van der Waals surface area contributed by atoms with Crippen LogP contribution in [-0.2, 0) is 0 Å². The monoisotopic (exact) mass is 281 g/mol. The van der Waals surface area contributed by atoms with Crippen LogP contribution >= 0.6 is 0 Å². The molecule has 1 saturated heterocycles. The first-order valence-electron chi connectivity index (χ1n) is 8.14. The van der Waals surface area contributed by atoms with Crippen LogP contribution in [0.1, 0.15) is 30.9 Å². The van der Waals surface area contributed by atoms with Crippen molar-refractivity contribution in [1.29, 1.82) is 0 Å². The van der Waals surface area contributed by atoms with Gasteiger partial charge in [-0.25, -0.2) is 0 Å². The van der Waals surface area contributed by atoms with Gasteiger partial charge in [-0.3, -0.25) is 9.88 Å². The number of nitrogens with zero attached hydrogens (tertiary/aromatic N) is 2. The first kappa shape index (κ1) is 13.2. The Morgan fingerprint density at radius 2 is 2.00 bits per heavy atom. The average molecular weight is 281 g/mol. The SMILES string of the molecule is NCC(c1ccc2ncccc2c1)N1CC2CCCC2C1. The lowest BCUT2D eigenvalue weighted by Crippen LogP contribution is -2.32. The smallest absolute Gasteiger partial charge is 0.0702 e. The van der Waals surface area contributed by atoms with Crippen molar-refractivity contribution < 1.29 is 0 Å². The molecule has 3 heteroatoms. The van der Waals surface area contributed by atoms with Crippen LogP contribution in [0.25, 0.3) is 10.9 Å². The zero-order valence-corrected chi connectivity index (χ0v) is 12.4. The third-order valence-corrected chi connectivity index (χ3v) is 5.43. The van der Waals surface area contributed by atoms with Gasteiger partial charge in [0.25, 0.3) is 0 Å². The summed E-state index contributed by atoms with van der Waals surface area (Å²) in [5.74, 6) is 1.84. The minimum atomic E-state index is 0.361. The highest BCUT2D eigenvalue weighted by Crippen LogP contribution is 2.40. The second-order valence-corrected chi connectivity index (χ2v) is 6.61. The first-order valence-corrected chi connectivity index (χ1v) is 8.14. The van der Waals surface area contributed by atoms with Crippen LogP contribution in [0.2, 0.25) is 0 Å². The van der Waals surface area contributed by atoms with Gasteiger partial charge in [0.2, 0.25) is 0 Å². The third kappa shape index (κ3) is 2.34. The number of pyridine rings is 1. The normalized spacial score (nSPS) is 27.1. The third-order valence-electron chi connectivity index (χ3n) is 5.43. The first-order chi connectivity index (χ1) is 10.3. The Morgan fingerprint density at radius 3 is 2.76 bits per heavy atom. The molecular formula is C18H23N3. The number of hydrogen-bond acceptors (Lipinski definition) is 3. The quantitative estimate of drug-likeness (QED) is 0.940. The van der Waals surface area contributed by atoms with E-state index >= 15 is 0 Å². The molecule has 3 atom stereocenters. The van der Waals surface area contributed by atoms with E-state index < -0.39 is 0 Å². The number of aromatic nitrogens is 1. The largest absolute Gasteiger partial charge is 0.329 e. The minimum Gasteiger partial charge on any atom is -0.329 e. The number of rotatable bonds is 3. The fraction of sp³-hybridized carbons (Fsp3) is 0.500. The molecule has 0 bridgehead atoms. The van der Waals surface area contributed by atoms with Gasteiger partial charge in [-0.2, -0.15) is 0 Å². The van der Waals surface area contributed by atoms with Crippen LogP contribution in [0.15, 0.2) is 36.5 Å². The van der Waals surface area contributed by atoms with Crippen LogP contribution in [0.5, 0.6) is 0 Å². The summed E-state index contributed by atoms with van der Waals surface area (Å²) in [6.45, 7) is 3.17. The Labute approximate surface area is 126 Å². The van der Waals surface area contributed by atoms with E-state index in [-0.39, 0.29) is 0 Å². The predicted molar refractivity (Wildman–Crippen MR) is 85.9 cm³/mol. The standard InChI is InChI=1S/C18H23N3/c19-10-18(21-11-15-3-1-4-16(15)12-21)14-6-7-17-13(9-14)5-2-8-20-17/h2,5-9,15-16,18H,1,3-4,10-12,19H2. The maximum atomic E-state index is 6.12. The molecule has 0 radical (unpaired) electrons. The molecule has 1 saturated carbocycles. The second-order valence-electron chi connectivity index (χ2n) is 6.61. The molecule has 110 valence electrons. The molecule has 2 aromatic rings. The van der Waals surface area contributed by atoms with Crippen LogP contribution in [0, 0.1) is 11.8 Å². The van der Waals surface area contributed by atoms with Gasteiger partial charge in [0.15, 0.2) is 0 Å². The van der Waals surface area contributed by atoms with Gasteiger partial charge >= 0.3 is 0 Å². The van der Waals surface area contributed by atoms with Crippen LogP contribution < -0.4 is 5.73 Å². The van der Waals surface area contributed by atoms with E-state index in [1.807, 2.05) is 12.3 Å². The van der Waals surface area contributed by atoms with Crippen LogP contribution in [-0.4, -0.2) is 29.5 Å². The highest BCUT2D eigenvalue weighted by atomic mass is 15.2. The van der Waals surface area contributed by atoms with Crippen LogP contribution in [0.3, 0.4) is 0 Å². The molecule has 2 aliphatic rings. The van der Waals surface area contributed by atoms with Gasteiger partial charge in [0.05, 0.1) is 5.52 Å². The van der Waals surface area contributed by atoms with Gasteiger partial charge in [0, 0.05) is 37.3 Å². The van der Waals surface area contributed by atoms with Gasteiger partial charge in [-0.05, 0) is 48.4 Å². The molecule has 3 unspecified atom stereocenters. The van der Waals surface area contributed by atoms with E-state index in [0.717, 1.165) is 17.4 Å². The van der Waals surface area contributed by atoms with E-state index in [4.69, 9.17) is 5.73 Å². The number of likely N-dealkylation sites (tertiary alicyclic amines) is 1. The van der Waals surface area contributed by atoms with Crippen molar-refractivity contribution >= 4 is 10.9 Å². The number of hydrogen-bond donors (Lipinski definition) is 1. The van der Waals surface area contributed by atoms with Crippen molar-refractivity contribution in [3.05, 3.63) is 42.1 Å². The lowest BCUT2D eigenvalue weighted by Gasteiger charge is -2.28. The van der Waals surface area contributed by atoms with E-state index in [0.29, 0.717) is 12.6 Å². The maximum Gasteiger partial charge on any atom is 0.0702 e. The summed E-state index contributed by atoms with van der Waals surface area (Å²) < 4.78 is 0. The molecule has 2 fully saturated rings. The lowest BCUT2D eigenvalue weighted by atomic mass is 10.0. The van der Waals surface area contributed by atoms with E-state index in [9.17, 15) is 0 Å². The molecule has 1 aliphatic heterocycles. The van der Waals surface area contributed by atoms with Crippen molar-refractivity contribution in [2.45, 2.75) is 25.3 Å². The highest BCUT2D eigenvalue weighted by molar-refractivity contribution is 5.79. The maximum absolute atomic E-state index is 6.12. The summed E-state index contributed by atoms with van der Waals surface area (Å²) >= 11 is 0. The fourth-order valence-corrected chi connectivity index (χ4v) is 4.32. The fourth-order valence-electron chi connectivity index (χ4n) is 4.32. The van der Waals surface area contributed by atoms with Gasteiger partial charge in [0.1, 0.15) is 0 Å². The summed E-state index contributed by atoms with van der Waals surface area (Å²) in [6, 6.07) is 11.1. The molecule has 1 aromatic carbocycles. The van der Waals surface area contributed by atoms with Crippen molar-refractivity contribution in [3.63, 3.8) is 0 Å². The zero-order valence-electron chi connectivity index (χ0n) is 12.4. The number of fused-ring (bicyclic) bond motifs is 2. The molecule has 4 rings (SSSR count). The summed E-state index contributed by atoms with van der Waals surface area (Å²) in [7, 11) is 0. The van der Waals surface area contributed by atoms with Gasteiger partial charge < -0.3 is 5.73 Å². The predicted octanol–water partition coefficient (Wildman–Crippen LogP) is 2.97. The van der Waals surface area contributed by atoms with Crippen molar-refractivity contribution in [2.24, 2.45) is 17.6 Å². The lowest BCUT2D eigenvalue weighted by molar-refractivity contribution is 0.232. The summed E-state index contributed by atoms with van der Waals surface area (Å²) in [6.07, 6.45) is 6.11. The molecule has 2 N–H and O–H groups in total. The van der Waals surface area contributed by atoms with Crippen molar-refractivity contribution in [3.8, 4) is 0 Å². The van der Waals surface area contributed by atoms with Crippen LogP contribution in [0.4, 0.5) is 0 Å². The Balaban J connectivity index is 1.62. The summed E-state index contributed by atoms with van der Waals surface area (Å²) in [5, 5.41) is 1.22. The molecule has 0 amide bonds. The average Bonchev–Trinajstić information content (AvgIpc) is 3.09. The van der Waals surface area contributed by atoms with E-state index in [1.165, 1.54) is 43.3 Å². The Bertz CT molecular complexity index is 627. The zero-order chi connectivity index (χ0) is 14.2. The highest BCUT2D eigenvalue weighted by Gasteiger charge is 2.38. The van der Waals surface area contributed by atoms with E-state index in [2.05, 4.69) is 34.1 Å². The van der Waals surface area contributed by atoms with E-state index in [1.54, 1.807) is 0 Å². The molecular weight excluding hydrogens is 258 g/mol. The second kappa shape index (κ2) is 5.39. The van der Waals surface area contributed by atoms with Gasteiger partial charge in [-0.15, -0.1) is 0 Å². The molecule has 3 nitrogen and oxygen atoms in total. The number of benzene rings is 1. The Morgan fingerprint density at radius 1 is 1.19 bits per heavy atom. The molecule has 1 aromatic heterocycles. The molecule has 2 heterocycles. The van der Waals surface area contributed by atoms with Crippen molar-refractivity contribution in [1.82, 2.24) is 9.88 Å². The molecule has 21 heavy (non-hydrogen) atoms. The van der Waals surface area contributed by atoms with Crippen molar-refractivity contribution in [2.75, 3.05) is 19.6 Å².